The molecule has 16 heavy (non-hydrogen) atoms. The van der Waals surface area contributed by atoms with Gasteiger partial charge in [-0.05, 0) is 0 Å². The van der Waals surface area contributed by atoms with Crippen molar-refractivity contribution in [3.8, 4) is 0 Å². The maximum atomic E-state index is 11.6. The minimum absolute atomic E-state index is 0.149. The smallest absolute Gasteiger partial charge is 0.265 e. The van der Waals surface area contributed by atoms with Crippen LogP contribution in [-0.4, -0.2) is 37.4 Å². The zero-order valence-electron chi connectivity index (χ0n) is 8.98. The number of aromatic nitrogens is 1. The number of nitrogens with one attached hydrogen (secondary N) is 1. The summed E-state index contributed by atoms with van der Waals surface area (Å²) in [4.78, 5) is 28.1. The molecule has 0 spiro atoms. The van der Waals surface area contributed by atoms with Gasteiger partial charge in [-0.15, -0.1) is 0 Å². The van der Waals surface area contributed by atoms with Crippen molar-refractivity contribution in [2.75, 3.05) is 31.3 Å². The number of thiazole rings is 1. The molecule has 0 unspecified atom stereocenters. The highest BCUT2D eigenvalue weighted by Gasteiger charge is 2.17. The number of amides is 2. The second kappa shape index (κ2) is 4.79. The van der Waals surface area contributed by atoms with E-state index < -0.39 is 11.8 Å². The fraction of sp³-hybridized carbons (Fsp3) is 0.375. The SMILES string of the molecule is CN(C)c1nc(N)c(C(=O)NCC(N)=O)s1. The number of hydrogen-bond donors (Lipinski definition) is 3. The van der Waals surface area contributed by atoms with Crippen molar-refractivity contribution in [3.05, 3.63) is 4.88 Å². The van der Waals surface area contributed by atoms with Crippen molar-refractivity contribution in [1.29, 1.82) is 0 Å². The molecular weight excluding hydrogens is 230 g/mol. The zero-order valence-corrected chi connectivity index (χ0v) is 9.80. The van der Waals surface area contributed by atoms with E-state index in [9.17, 15) is 9.59 Å². The molecule has 1 rings (SSSR count). The Balaban J connectivity index is 2.79. The molecule has 1 heterocycles. The number of nitrogens with zero attached hydrogens (tertiary/aromatic N) is 2. The molecule has 1 aromatic rings. The van der Waals surface area contributed by atoms with E-state index in [1.165, 1.54) is 0 Å². The molecule has 0 bridgehead atoms. The monoisotopic (exact) mass is 243 g/mol. The summed E-state index contributed by atoms with van der Waals surface area (Å²) in [5, 5.41) is 2.98. The third-order valence-electron chi connectivity index (χ3n) is 1.65. The van der Waals surface area contributed by atoms with Gasteiger partial charge in [-0.3, -0.25) is 9.59 Å². The minimum Gasteiger partial charge on any atom is -0.382 e. The highest BCUT2D eigenvalue weighted by Crippen LogP contribution is 2.26. The van der Waals surface area contributed by atoms with Crippen LogP contribution >= 0.6 is 11.3 Å². The fourth-order valence-electron chi connectivity index (χ4n) is 0.922. The van der Waals surface area contributed by atoms with Gasteiger partial charge in [0.15, 0.2) is 5.13 Å². The summed E-state index contributed by atoms with van der Waals surface area (Å²) in [5.41, 5.74) is 10.5. The van der Waals surface area contributed by atoms with Gasteiger partial charge in [0.05, 0.1) is 6.54 Å². The van der Waals surface area contributed by atoms with Crippen LogP contribution in [0.1, 0.15) is 9.67 Å². The Hall–Kier alpha value is -1.83. The van der Waals surface area contributed by atoms with E-state index in [0.717, 1.165) is 11.3 Å². The van der Waals surface area contributed by atoms with Crippen molar-refractivity contribution in [3.63, 3.8) is 0 Å². The molecule has 2 amide bonds. The summed E-state index contributed by atoms with van der Waals surface area (Å²) in [7, 11) is 3.59. The van der Waals surface area contributed by atoms with Crippen molar-refractivity contribution in [1.82, 2.24) is 10.3 Å². The fourth-order valence-corrected chi connectivity index (χ4v) is 1.75. The van der Waals surface area contributed by atoms with Crippen LogP contribution in [0.15, 0.2) is 0 Å². The molecule has 0 saturated carbocycles. The lowest BCUT2D eigenvalue weighted by Gasteiger charge is -2.04. The molecule has 0 aliphatic rings. The van der Waals surface area contributed by atoms with E-state index in [1.807, 2.05) is 0 Å². The Bertz CT molecular complexity index is 415. The Kier molecular flexibility index (Phi) is 3.67. The standard InChI is InChI=1S/C8H13N5O2S/c1-13(2)8-12-6(10)5(16-8)7(15)11-3-4(9)14/h3,10H2,1-2H3,(H2,9,14)(H,11,15). The first-order valence-corrected chi connectivity index (χ1v) is 5.23. The number of carbonyl (C=O) groups is 2. The average molecular weight is 243 g/mol. The molecule has 88 valence electrons. The van der Waals surface area contributed by atoms with Crippen LogP contribution in [0.3, 0.4) is 0 Å². The molecule has 0 aromatic carbocycles. The van der Waals surface area contributed by atoms with Crippen molar-refractivity contribution in [2.45, 2.75) is 0 Å². The number of hydrogen-bond acceptors (Lipinski definition) is 6. The molecule has 8 heteroatoms. The van der Waals surface area contributed by atoms with Gasteiger partial charge < -0.3 is 21.7 Å². The largest absolute Gasteiger partial charge is 0.382 e. The Morgan fingerprint density at radius 1 is 1.50 bits per heavy atom. The van der Waals surface area contributed by atoms with E-state index in [-0.39, 0.29) is 17.2 Å². The van der Waals surface area contributed by atoms with Gasteiger partial charge in [0.2, 0.25) is 5.91 Å². The lowest BCUT2D eigenvalue weighted by molar-refractivity contribution is -0.117. The second-order valence-corrected chi connectivity index (χ2v) is 4.23. The summed E-state index contributed by atoms with van der Waals surface area (Å²) in [6.45, 7) is -0.215. The van der Waals surface area contributed by atoms with Crippen LogP contribution in [0, 0.1) is 0 Å². The summed E-state index contributed by atoms with van der Waals surface area (Å²) in [6, 6.07) is 0. The van der Waals surface area contributed by atoms with Crippen molar-refractivity contribution >= 4 is 34.1 Å². The predicted molar refractivity (Wildman–Crippen MR) is 62.4 cm³/mol. The van der Waals surface area contributed by atoms with Gasteiger partial charge in [0.1, 0.15) is 10.7 Å². The maximum Gasteiger partial charge on any atom is 0.265 e. The maximum absolute atomic E-state index is 11.6. The molecule has 0 saturated heterocycles. The molecule has 0 aliphatic carbocycles. The molecule has 1 aromatic heterocycles. The molecule has 7 nitrogen and oxygen atoms in total. The van der Waals surface area contributed by atoms with Gasteiger partial charge in [-0.1, -0.05) is 11.3 Å². The second-order valence-electron chi connectivity index (χ2n) is 3.25. The summed E-state index contributed by atoms with van der Waals surface area (Å²) >= 11 is 1.15. The number of anilines is 2. The Morgan fingerprint density at radius 2 is 2.12 bits per heavy atom. The van der Waals surface area contributed by atoms with Crippen LogP contribution in [0.4, 0.5) is 10.9 Å². The molecule has 0 aliphatic heterocycles. The first kappa shape index (κ1) is 12.2. The van der Waals surface area contributed by atoms with E-state index >= 15 is 0 Å². The normalized spacial score (nSPS) is 9.88. The lowest BCUT2D eigenvalue weighted by atomic mass is 10.4. The number of primary amides is 1. The first-order chi connectivity index (χ1) is 7.41. The molecule has 5 N–H and O–H groups in total. The van der Waals surface area contributed by atoms with Crippen molar-refractivity contribution in [2.24, 2.45) is 5.73 Å². The topological polar surface area (TPSA) is 114 Å². The van der Waals surface area contributed by atoms with E-state index in [0.29, 0.717) is 5.13 Å². The van der Waals surface area contributed by atoms with Crippen LogP contribution in [-0.2, 0) is 4.79 Å². The number of nitrogens with two attached hydrogens (primary N) is 2. The van der Waals surface area contributed by atoms with Gasteiger partial charge in [-0.25, -0.2) is 4.98 Å². The van der Waals surface area contributed by atoms with Crippen molar-refractivity contribution < 1.29 is 9.59 Å². The number of rotatable bonds is 4. The van der Waals surface area contributed by atoms with Crippen LogP contribution in [0.25, 0.3) is 0 Å². The van der Waals surface area contributed by atoms with Crippen LogP contribution < -0.4 is 21.7 Å². The zero-order chi connectivity index (χ0) is 12.3. The third kappa shape index (κ3) is 2.83. The summed E-state index contributed by atoms with van der Waals surface area (Å²) < 4.78 is 0. The van der Waals surface area contributed by atoms with Gasteiger partial charge >= 0.3 is 0 Å². The molecule has 0 radical (unpaired) electrons. The highest BCUT2D eigenvalue weighted by molar-refractivity contribution is 7.18. The molecular formula is C8H13N5O2S. The quantitative estimate of drug-likeness (QED) is 0.628. The third-order valence-corrected chi connectivity index (χ3v) is 2.89. The molecule has 0 atom stereocenters. The Morgan fingerprint density at radius 3 is 2.56 bits per heavy atom. The summed E-state index contributed by atoms with van der Waals surface area (Å²) in [5.74, 6) is -0.901. The molecule has 0 fully saturated rings. The first-order valence-electron chi connectivity index (χ1n) is 4.42. The Labute approximate surface area is 96.4 Å². The van der Waals surface area contributed by atoms with E-state index in [1.54, 1.807) is 19.0 Å². The average Bonchev–Trinajstić information content (AvgIpc) is 2.57. The van der Waals surface area contributed by atoms with Crippen LogP contribution in [0.2, 0.25) is 0 Å². The lowest BCUT2D eigenvalue weighted by Crippen LogP contribution is -2.33. The number of nitrogen functional groups attached to an aromatic ring is 1. The highest BCUT2D eigenvalue weighted by atomic mass is 32.1. The summed E-state index contributed by atoms with van der Waals surface area (Å²) in [6.07, 6.45) is 0. The van der Waals surface area contributed by atoms with Gasteiger partial charge in [-0.2, -0.15) is 0 Å². The minimum atomic E-state index is -0.607. The van der Waals surface area contributed by atoms with Gasteiger partial charge in [0.25, 0.3) is 5.91 Å². The van der Waals surface area contributed by atoms with Crippen LogP contribution in [0.5, 0.6) is 0 Å². The van der Waals surface area contributed by atoms with Gasteiger partial charge in [0, 0.05) is 14.1 Å². The van der Waals surface area contributed by atoms with E-state index in [4.69, 9.17) is 11.5 Å². The predicted octanol–water partition coefficient (Wildman–Crippen LogP) is -0.994. The van der Waals surface area contributed by atoms with E-state index in [2.05, 4.69) is 10.3 Å². The number of carbonyl (C=O) groups excluding carboxylic acids is 2.